The Hall–Kier alpha value is -1.76. The van der Waals surface area contributed by atoms with E-state index >= 15 is 0 Å². The van der Waals surface area contributed by atoms with E-state index in [1.807, 2.05) is 13.0 Å². The molecule has 2 aromatic rings. The highest BCUT2D eigenvalue weighted by Gasteiger charge is 2.25. The summed E-state index contributed by atoms with van der Waals surface area (Å²) < 4.78 is 13.2. The minimum absolute atomic E-state index is 0.168. The molecule has 0 aliphatic carbocycles. The Labute approximate surface area is 184 Å². The third kappa shape index (κ3) is 7.21. The summed E-state index contributed by atoms with van der Waals surface area (Å²) in [6, 6.07) is 10.6. The van der Waals surface area contributed by atoms with Crippen LogP contribution in [0.15, 0.2) is 42.5 Å². The first-order valence-corrected chi connectivity index (χ1v) is 11.1. The molecule has 0 radical (unpaired) electrons. The molecule has 2 amide bonds. The van der Waals surface area contributed by atoms with Gasteiger partial charge in [-0.3, -0.25) is 9.59 Å². The Balaban J connectivity index is 2.05. The van der Waals surface area contributed by atoms with Crippen LogP contribution in [0.25, 0.3) is 0 Å². The van der Waals surface area contributed by atoms with E-state index in [0.29, 0.717) is 22.3 Å². The molecule has 2 aromatic carbocycles. The Morgan fingerprint density at radius 2 is 1.76 bits per heavy atom. The van der Waals surface area contributed by atoms with E-state index in [2.05, 4.69) is 5.32 Å². The van der Waals surface area contributed by atoms with Crippen molar-refractivity contribution in [2.45, 2.75) is 32.2 Å². The average Bonchev–Trinajstić information content (AvgIpc) is 2.69. The maximum absolute atomic E-state index is 13.2. The quantitative estimate of drug-likeness (QED) is 0.582. The van der Waals surface area contributed by atoms with Gasteiger partial charge in [0.25, 0.3) is 0 Å². The second-order valence-electron chi connectivity index (χ2n) is 6.46. The monoisotopic (exact) mass is 456 g/mol. The Kier molecular flexibility index (Phi) is 9.27. The minimum atomic E-state index is -0.641. The Morgan fingerprint density at radius 3 is 2.38 bits per heavy atom. The first kappa shape index (κ1) is 23.5. The molecule has 29 heavy (non-hydrogen) atoms. The van der Waals surface area contributed by atoms with Crippen molar-refractivity contribution >= 4 is 46.8 Å². The number of carbonyl (C=O) groups is 2. The third-order valence-electron chi connectivity index (χ3n) is 4.26. The molecule has 0 spiro atoms. The van der Waals surface area contributed by atoms with Crippen molar-refractivity contribution in [3.8, 4) is 0 Å². The topological polar surface area (TPSA) is 49.4 Å². The zero-order chi connectivity index (χ0) is 21.4. The molecule has 156 valence electrons. The number of carbonyl (C=O) groups excluding carboxylic acids is 2. The zero-order valence-electron chi connectivity index (χ0n) is 16.3. The van der Waals surface area contributed by atoms with Crippen LogP contribution in [0.2, 0.25) is 10.0 Å². The van der Waals surface area contributed by atoms with Crippen molar-refractivity contribution in [2.24, 2.45) is 0 Å². The average molecular weight is 457 g/mol. The molecule has 0 bridgehead atoms. The summed E-state index contributed by atoms with van der Waals surface area (Å²) in [5.41, 5.74) is 1.71. The van der Waals surface area contributed by atoms with Crippen molar-refractivity contribution in [2.75, 3.05) is 12.3 Å². The second kappa shape index (κ2) is 11.4. The van der Waals surface area contributed by atoms with Crippen LogP contribution in [0.1, 0.15) is 25.0 Å². The van der Waals surface area contributed by atoms with Crippen molar-refractivity contribution in [1.82, 2.24) is 10.2 Å². The van der Waals surface area contributed by atoms with Gasteiger partial charge < -0.3 is 10.2 Å². The predicted molar refractivity (Wildman–Crippen MR) is 118 cm³/mol. The molecule has 0 heterocycles. The van der Waals surface area contributed by atoms with Gasteiger partial charge in [-0.15, -0.1) is 11.8 Å². The molecule has 0 saturated heterocycles. The van der Waals surface area contributed by atoms with E-state index in [1.165, 1.54) is 28.8 Å². The van der Waals surface area contributed by atoms with Gasteiger partial charge in [0.2, 0.25) is 11.8 Å². The summed E-state index contributed by atoms with van der Waals surface area (Å²) in [5.74, 6) is 0.0458. The number of thioether (sulfide) groups is 1. The van der Waals surface area contributed by atoms with E-state index in [9.17, 15) is 14.0 Å². The molecular weight excluding hydrogens is 434 g/mol. The van der Waals surface area contributed by atoms with E-state index < -0.39 is 6.04 Å². The minimum Gasteiger partial charge on any atom is -0.355 e. The maximum Gasteiger partial charge on any atom is 0.242 e. The fraction of sp³-hybridized carbons (Fsp3) is 0.333. The molecule has 1 atom stereocenters. The van der Waals surface area contributed by atoms with Gasteiger partial charge in [0.1, 0.15) is 11.9 Å². The van der Waals surface area contributed by atoms with Crippen molar-refractivity contribution < 1.29 is 14.0 Å². The number of nitrogens with one attached hydrogen (secondary N) is 1. The molecule has 4 nitrogen and oxygen atoms in total. The highest BCUT2D eigenvalue weighted by Crippen LogP contribution is 2.25. The van der Waals surface area contributed by atoms with Gasteiger partial charge >= 0.3 is 0 Å². The van der Waals surface area contributed by atoms with Gasteiger partial charge in [-0.05, 0) is 49.2 Å². The summed E-state index contributed by atoms with van der Waals surface area (Å²) in [4.78, 5) is 26.7. The maximum atomic E-state index is 13.2. The lowest BCUT2D eigenvalue weighted by molar-refractivity contribution is -0.138. The first-order valence-electron chi connectivity index (χ1n) is 9.15. The van der Waals surface area contributed by atoms with Crippen molar-refractivity contribution in [3.63, 3.8) is 0 Å². The van der Waals surface area contributed by atoms with Gasteiger partial charge in [0, 0.05) is 18.8 Å². The highest BCUT2D eigenvalue weighted by atomic mass is 35.5. The molecule has 8 heteroatoms. The molecule has 0 aromatic heterocycles. The van der Waals surface area contributed by atoms with Crippen molar-refractivity contribution in [3.05, 3.63) is 69.5 Å². The number of likely N-dealkylation sites (N-methyl/N-ethyl adjacent to an activating group) is 1. The molecule has 0 unspecified atom stereocenters. The van der Waals surface area contributed by atoms with E-state index in [-0.39, 0.29) is 29.9 Å². The lowest BCUT2D eigenvalue weighted by Crippen LogP contribution is -2.48. The molecule has 0 aliphatic heterocycles. The van der Waals surface area contributed by atoms with Gasteiger partial charge in [0.05, 0.1) is 15.8 Å². The van der Waals surface area contributed by atoms with Crippen LogP contribution in [0.5, 0.6) is 0 Å². The van der Waals surface area contributed by atoms with Crippen LogP contribution >= 0.6 is 35.0 Å². The second-order valence-corrected chi connectivity index (χ2v) is 8.26. The fourth-order valence-corrected chi connectivity index (χ4v) is 3.84. The number of hydrogen-bond acceptors (Lipinski definition) is 3. The zero-order valence-corrected chi connectivity index (χ0v) is 18.6. The number of halogens is 3. The Morgan fingerprint density at radius 1 is 1.10 bits per heavy atom. The van der Waals surface area contributed by atoms with E-state index in [4.69, 9.17) is 23.2 Å². The molecule has 1 N–H and O–H groups in total. The number of benzene rings is 2. The first-order chi connectivity index (χ1) is 13.8. The van der Waals surface area contributed by atoms with Gasteiger partial charge in [-0.2, -0.15) is 0 Å². The summed E-state index contributed by atoms with van der Waals surface area (Å²) in [6.45, 7) is 4.22. The lowest BCUT2D eigenvalue weighted by atomic mass is 10.1. The van der Waals surface area contributed by atoms with Gasteiger partial charge in [-0.25, -0.2) is 4.39 Å². The third-order valence-corrected chi connectivity index (χ3v) is 5.99. The molecular formula is C21H23Cl2FN2O2S. The molecule has 2 rings (SSSR count). The van der Waals surface area contributed by atoms with Crippen molar-refractivity contribution in [1.29, 1.82) is 0 Å². The normalized spacial score (nSPS) is 11.8. The highest BCUT2D eigenvalue weighted by molar-refractivity contribution is 7.99. The van der Waals surface area contributed by atoms with Gasteiger partial charge in [0.15, 0.2) is 0 Å². The predicted octanol–water partition coefficient (Wildman–Crippen LogP) is 4.92. The molecule has 0 aliphatic rings. The Bertz CT molecular complexity index is 849. The molecule has 0 saturated carbocycles. The van der Waals surface area contributed by atoms with Crippen LogP contribution in [-0.4, -0.2) is 35.1 Å². The number of amides is 2. The summed E-state index contributed by atoms with van der Waals surface area (Å²) in [5, 5.41) is 3.70. The summed E-state index contributed by atoms with van der Waals surface area (Å²) >= 11 is 13.4. The summed E-state index contributed by atoms with van der Waals surface area (Å²) in [7, 11) is 0. The van der Waals surface area contributed by atoms with Crippen LogP contribution in [-0.2, 0) is 21.9 Å². The fourth-order valence-electron chi connectivity index (χ4n) is 2.66. The SMILES string of the molecule is CCNC(=O)[C@H](C)N(Cc1ccc(F)cc1)C(=O)CSCc1ccc(Cl)c(Cl)c1. The van der Waals surface area contributed by atoms with Crippen LogP contribution < -0.4 is 5.32 Å². The van der Waals surface area contributed by atoms with Gasteiger partial charge in [-0.1, -0.05) is 41.4 Å². The van der Waals surface area contributed by atoms with Crippen LogP contribution in [0, 0.1) is 5.82 Å². The largest absolute Gasteiger partial charge is 0.355 e. The summed E-state index contributed by atoms with van der Waals surface area (Å²) in [6.07, 6.45) is 0. The number of hydrogen-bond donors (Lipinski definition) is 1. The standard InChI is InChI=1S/C21H23Cl2FN2O2S/c1-3-25-21(28)14(2)26(11-15-4-7-17(24)8-5-15)20(27)13-29-12-16-6-9-18(22)19(23)10-16/h4-10,14H,3,11-13H2,1-2H3,(H,25,28)/t14-/m0/s1. The lowest BCUT2D eigenvalue weighted by Gasteiger charge is -2.28. The van der Waals surface area contributed by atoms with Crippen LogP contribution in [0.3, 0.4) is 0 Å². The molecule has 0 fully saturated rings. The van der Waals surface area contributed by atoms with E-state index in [1.54, 1.807) is 31.2 Å². The van der Waals surface area contributed by atoms with E-state index in [0.717, 1.165) is 11.1 Å². The van der Waals surface area contributed by atoms with Crippen LogP contribution in [0.4, 0.5) is 4.39 Å². The smallest absolute Gasteiger partial charge is 0.242 e. The number of nitrogens with zero attached hydrogens (tertiary/aromatic N) is 1. The number of rotatable bonds is 9.